The first kappa shape index (κ1) is 36.5. The number of rotatable bonds is 9. The van der Waals surface area contributed by atoms with Gasteiger partial charge in [-0.15, -0.1) is 0 Å². The van der Waals surface area contributed by atoms with Gasteiger partial charge in [0.05, 0.1) is 11.4 Å². The zero-order chi connectivity index (χ0) is 40.1. The molecule has 0 amide bonds. The fourth-order valence-electron chi connectivity index (χ4n) is 8.10. The van der Waals surface area contributed by atoms with E-state index in [0.29, 0.717) is 0 Å². The summed E-state index contributed by atoms with van der Waals surface area (Å²) >= 11 is 0. The number of hydrogen-bond acceptors (Lipinski definition) is 1. The largest absolute Gasteiger partial charge is 0.248 e. The fraction of sp³-hybridized carbons (Fsp3) is 0. The van der Waals surface area contributed by atoms with Gasteiger partial charge in [-0.1, -0.05) is 194 Å². The Kier molecular flexibility index (Phi) is 10.1. The van der Waals surface area contributed by atoms with Crippen LogP contribution in [0.1, 0.15) is 0 Å². The molecule has 0 aliphatic carbocycles. The lowest BCUT2D eigenvalue weighted by Crippen LogP contribution is -1.94. The smallest absolute Gasteiger partial charge is 0.0716 e. The molecule has 0 saturated heterocycles. The van der Waals surface area contributed by atoms with Gasteiger partial charge in [-0.05, 0) is 132 Å². The van der Waals surface area contributed by atoms with E-state index in [-0.39, 0.29) is 0 Å². The first-order valence-corrected chi connectivity index (χ1v) is 20.5. The second-order valence-electron chi connectivity index (χ2n) is 15.2. The molecular weight excluding hydrogens is 723 g/mol. The summed E-state index contributed by atoms with van der Waals surface area (Å²) in [6.07, 6.45) is 0. The Hall–Kier alpha value is -7.87. The summed E-state index contributed by atoms with van der Waals surface area (Å²) in [5, 5.41) is 0. The molecule has 1 heterocycles. The highest BCUT2D eigenvalue weighted by atomic mass is 14.7. The molecule has 0 bridgehead atoms. The van der Waals surface area contributed by atoms with Gasteiger partial charge in [-0.3, -0.25) is 0 Å². The molecule has 0 atom stereocenters. The Morgan fingerprint density at radius 1 is 0.150 bits per heavy atom. The number of nitrogens with zero attached hydrogens (tertiary/aromatic N) is 1. The van der Waals surface area contributed by atoms with Crippen LogP contribution in [0.4, 0.5) is 0 Å². The first-order chi connectivity index (χ1) is 29.7. The summed E-state index contributed by atoms with van der Waals surface area (Å²) in [4.78, 5) is 5.56. The molecule has 0 aliphatic rings. The van der Waals surface area contributed by atoms with Crippen LogP contribution in [0, 0.1) is 0 Å². The van der Waals surface area contributed by atoms with E-state index in [1.54, 1.807) is 0 Å². The molecule has 9 aromatic carbocycles. The van der Waals surface area contributed by atoms with Crippen LogP contribution < -0.4 is 0 Å². The molecule has 60 heavy (non-hydrogen) atoms. The van der Waals surface area contributed by atoms with Crippen molar-refractivity contribution < 1.29 is 0 Å². The van der Waals surface area contributed by atoms with Crippen LogP contribution in [0.3, 0.4) is 0 Å². The van der Waals surface area contributed by atoms with Crippen LogP contribution in [0.2, 0.25) is 0 Å². The molecule has 1 nitrogen and oxygen atoms in total. The van der Waals surface area contributed by atoms with E-state index in [4.69, 9.17) is 4.98 Å². The lowest BCUT2D eigenvalue weighted by molar-refractivity contribution is 1.32. The Balaban J connectivity index is 1.16. The van der Waals surface area contributed by atoms with Crippen molar-refractivity contribution >= 4 is 0 Å². The van der Waals surface area contributed by atoms with Gasteiger partial charge in [0.1, 0.15) is 0 Å². The lowest BCUT2D eigenvalue weighted by Gasteiger charge is -2.16. The Labute approximate surface area is 352 Å². The van der Waals surface area contributed by atoms with Gasteiger partial charge in [-0.2, -0.15) is 0 Å². The minimum absolute atomic E-state index is 0.918. The molecule has 0 aliphatic heterocycles. The van der Waals surface area contributed by atoms with Gasteiger partial charge in [0.25, 0.3) is 0 Å². The molecule has 0 saturated carbocycles. The lowest BCUT2D eigenvalue weighted by atomic mass is 9.92. The normalized spacial score (nSPS) is 11.0. The summed E-state index contributed by atoms with van der Waals surface area (Å²) in [5.74, 6) is 0. The maximum Gasteiger partial charge on any atom is 0.0716 e. The van der Waals surface area contributed by atoms with Gasteiger partial charge in [0.2, 0.25) is 0 Å². The maximum atomic E-state index is 5.56. The third-order valence-electron chi connectivity index (χ3n) is 11.2. The minimum atomic E-state index is 0.918. The molecule has 0 fully saturated rings. The third kappa shape index (κ3) is 7.85. The van der Waals surface area contributed by atoms with Crippen molar-refractivity contribution in [2.45, 2.75) is 0 Å². The Bertz CT molecular complexity index is 2770. The van der Waals surface area contributed by atoms with Crippen molar-refractivity contribution in [2.24, 2.45) is 0 Å². The van der Waals surface area contributed by atoms with E-state index in [1.165, 1.54) is 44.5 Å². The van der Waals surface area contributed by atoms with E-state index in [2.05, 4.69) is 249 Å². The van der Waals surface area contributed by atoms with Crippen LogP contribution >= 0.6 is 0 Å². The van der Waals surface area contributed by atoms with E-state index < -0.39 is 0 Å². The van der Waals surface area contributed by atoms with E-state index in [9.17, 15) is 0 Å². The SMILES string of the molecule is c1ccc(-c2ccc(-c3cccc(-c4cc(-c5cc(-c6ccccc6)cc(-c6ccccc6)c5)nc(-c5cc(-c6ccccc6)cc(-c6ccccc6)c5)c4)c3)cc2)cc1. The highest BCUT2D eigenvalue weighted by Crippen LogP contribution is 2.39. The van der Waals surface area contributed by atoms with Crippen LogP contribution in [0.15, 0.2) is 249 Å². The standard InChI is InChI=1S/C59H41N/c1-6-17-42(18-7-1)47-29-31-48(32-30-47)49-27-16-28-50(33-49)55-40-58(56-36-51(43-19-8-2-9-20-43)34-52(37-56)44-21-10-3-11-22-44)60-59(41-55)57-38-53(45-23-12-4-13-24-45)35-54(39-57)46-25-14-5-15-26-46/h1-41H. The number of pyridine rings is 1. The number of hydrogen-bond donors (Lipinski definition) is 0. The summed E-state index contributed by atoms with van der Waals surface area (Å²) in [6.45, 7) is 0. The third-order valence-corrected chi connectivity index (χ3v) is 11.2. The average molecular weight is 764 g/mol. The molecule has 0 N–H and O–H groups in total. The van der Waals surface area contributed by atoms with Crippen LogP contribution in [-0.2, 0) is 0 Å². The zero-order valence-electron chi connectivity index (χ0n) is 33.1. The van der Waals surface area contributed by atoms with E-state index >= 15 is 0 Å². The predicted molar refractivity (Wildman–Crippen MR) is 253 cm³/mol. The maximum absolute atomic E-state index is 5.56. The summed E-state index contributed by atoms with van der Waals surface area (Å²) < 4.78 is 0. The minimum Gasteiger partial charge on any atom is -0.248 e. The molecule has 0 radical (unpaired) electrons. The average Bonchev–Trinajstić information content (AvgIpc) is 3.35. The van der Waals surface area contributed by atoms with Crippen LogP contribution in [0.5, 0.6) is 0 Å². The van der Waals surface area contributed by atoms with Gasteiger partial charge >= 0.3 is 0 Å². The molecule has 282 valence electrons. The van der Waals surface area contributed by atoms with E-state index in [1.807, 2.05) is 0 Å². The van der Waals surface area contributed by atoms with Crippen LogP contribution in [-0.4, -0.2) is 4.98 Å². The van der Waals surface area contributed by atoms with Crippen molar-refractivity contribution in [3.8, 4) is 100 Å². The summed E-state index contributed by atoms with van der Waals surface area (Å²) in [5.41, 5.74) is 20.3. The Morgan fingerprint density at radius 3 is 0.717 bits per heavy atom. The summed E-state index contributed by atoms with van der Waals surface area (Å²) in [7, 11) is 0. The van der Waals surface area contributed by atoms with Crippen molar-refractivity contribution in [2.75, 3.05) is 0 Å². The van der Waals surface area contributed by atoms with Gasteiger partial charge in [-0.25, -0.2) is 4.98 Å². The molecule has 1 aromatic heterocycles. The van der Waals surface area contributed by atoms with Gasteiger partial charge < -0.3 is 0 Å². The van der Waals surface area contributed by atoms with Crippen molar-refractivity contribution in [3.05, 3.63) is 249 Å². The molecular formula is C59H41N. The van der Waals surface area contributed by atoms with Crippen molar-refractivity contribution in [1.29, 1.82) is 0 Å². The second-order valence-corrected chi connectivity index (χ2v) is 15.2. The molecule has 1 heteroatoms. The molecule has 10 aromatic rings. The molecule has 10 rings (SSSR count). The second kappa shape index (κ2) is 16.5. The van der Waals surface area contributed by atoms with Gasteiger partial charge in [0.15, 0.2) is 0 Å². The molecule has 0 unspecified atom stereocenters. The van der Waals surface area contributed by atoms with Gasteiger partial charge in [0, 0.05) is 11.1 Å². The van der Waals surface area contributed by atoms with E-state index in [0.717, 1.165) is 55.9 Å². The highest BCUT2D eigenvalue weighted by Gasteiger charge is 2.15. The molecule has 0 spiro atoms. The van der Waals surface area contributed by atoms with Crippen LogP contribution in [0.25, 0.3) is 100 Å². The first-order valence-electron chi connectivity index (χ1n) is 20.5. The quantitative estimate of drug-likeness (QED) is 0.143. The summed E-state index contributed by atoms with van der Waals surface area (Å²) in [6, 6.07) is 89.2. The monoisotopic (exact) mass is 763 g/mol. The fourth-order valence-corrected chi connectivity index (χ4v) is 8.10. The predicted octanol–water partition coefficient (Wildman–Crippen LogP) is 16.1. The number of aromatic nitrogens is 1. The van der Waals surface area contributed by atoms with Crippen molar-refractivity contribution in [1.82, 2.24) is 4.98 Å². The highest BCUT2D eigenvalue weighted by molar-refractivity contribution is 5.86. The Morgan fingerprint density at radius 2 is 0.367 bits per heavy atom. The number of benzene rings is 9. The topological polar surface area (TPSA) is 12.9 Å². The van der Waals surface area contributed by atoms with Crippen molar-refractivity contribution in [3.63, 3.8) is 0 Å². The zero-order valence-corrected chi connectivity index (χ0v) is 33.1.